The Morgan fingerprint density at radius 3 is 2.18 bits per heavy atom. The Morgan fingerprint density at radius 1 is 1.12 bits per heavy atom. The van der Waals surface area contributed by atoms with Crippen LogP contribution in [0.2, 0.25) is 0 Å². The number of para-hydroxylation sites is 1. The topological polar surface area (TPSA) is 89.5 Å². The molecule has 1 aliphatic heterocycles. The van der Waals surface area contributed by atoms with E-state index in [2.05, 4.69) is 6.08 Å². The quantitative estimate of drug-likeness (QED) is 0.268. The summed E-state index contributed by atoms with van der Waals surface area (Å²) in [5, 5.41) is 0. The van der Waals surface area contributed by atoms with Crippen molar-refractivity contribution in [2.45, 2.75) is 0 Å². The number of hydrogen-bond donors (Lipinski definition) is 0. The maximum absolute atomic E-state index is 8.52. The molecule has 0 aliphatic carbocycles. The SMILES string of the molecule is C1=Cc2ccccc2OC1.O=S(=O)([O-])[O-].[Na+].[Na+]. The molecule has 0 radical (unpaired) electrons. The van der Waals surface area contributed by atoms with Gasteiger partial charge in [0.15, 0.2) is 0 Å². The molecule has 2 rings (SSSR count). The molecule has 1 aromatic carbocycles. The van der Waals surface area contributed by atoms with Gasteiger partial charge in [-0.3, -0.25) is 8.42 Å². The minimum absolute atomic E-state index is 0. The maximum Gasteiger partial charge on any atom is 1.00 e. The van der Waals surface area contributed by atoms with E-state index in [1.807, 2.05) is 30.3 Å². The number of hydrogen-bond acceptors (Lipinski definition) is 5. The molecule has 0 aromatic heterocycles. The van der Waals surface area contributed by atoms with E-state index in [9.17, 15) is 0 Å². The molecular weight excluding hydrogens is 266 g/mol. The van der Waals surface area contributed by atoms with Crippen LogP contribution in [0.4, 0.5) is 0 Å². The Hall–Kier alpha value is 0.630. The van der Waals surface area contributed by atoms with Crippen molar-refractivity contribution >= 4 is 16.5 Å². The average molecular weight is 274 g/mol. The van der Waals surface area contributed by atoms with Crippen molar-refractivity contribution in [1.29, 1.82) is 0 Å². The second kappa shape index (κ2) is 9.55. The molecule has 0 saturated carbocycles. The Balaban J connectivity index is 0. The van der Waals surface area contributed by atoms with Crippen LogP contribution in [0.1, 0.15) is 5.56 Å². The molecule has 0 unspecified atom stereocenters. The molecule has 0 atom stereocenters. The standard InChI is InChI=1S/C9H8O.2Na.H2O4S/c1-2-6-9-8(4-1)5-3-7-10-9;;;1-5(2,3)4/h1-6H,7H2;;;(H2,1,2,3,4)/q;2*+1;/p-2. The molecule has 1 aliphatic rings. The van der Waals surface area contributed by atoms with Gasteiger partial charge < -0.3 is 13.8 Å². The van der Waals surface area contributed by atoms with Crippen LogP contribution in [-0.4, -0.2) is 24.1 Å². The number of rotatable bonds is 0. The van der Waals surface area contributed by atoms with Crippen LogP contribution in [0.15, 0.2) is 30.3 Å². The first-order chi connectivity index (χ1) is 6.97. The van der Waals surface area contributed by atoms with Gasteiger partial charge in [0.1, 0.15) is 12.4 Å². The molecule has 1 heterocycles. The van der Waals surface area contributed by atoms with Crippen LogP contribution in [0.25, 0.3) is 6.08 Å². The normalized spacial score (nSPS) is 11.6. The first-order valence-electron chi connectivity index (χ1n) is 4.02. The number of ether oxygens (including phenoxy) is 1. The minimum Gasteiger partial charge on any atom is -0.759 e. The summed E-state index contributed by atoms with van der Waals surface area (Å²) < 4.78 is 39.4. The van der Waals surface area contributed by atoms with E-state index in [1.54, 1.807) is 0 Å². The van der Waals surface area contributed by atoms with Gasteiger partial charge in [-0.15, -0.1) is 0 Å². The smallest absolute Gasteiger partial charge is 0.759 e. The molecule has 0 spiro atoms. The van der Waals surface area contributed by atoms with Gasteiger partial charge in [0.2, 0.25) is 0 Å². The van der Waals surface area contributed by atoms with Crippen LogP contribution >= 0.6 is 0 Å². The van der Waals surface area contributed by atoms with Crippen molar-refractivity contribution in [3.63, 3.8) is 0 Å². The van der Waals surface area contributed by atoms with Gasteiger partial charge in [-0.1, -0.05) is 24.3 Å². The number of benzene rings is 1. The zero-order chi connectivity index (χ0) is 11.3. The van der Waals surface area contributed by atoms with Crippen molar-refractivity contribution in [3.05, 3.63) is 35.9 Å². The average Bonchev–Trinajstić information content (AvgIpc) is 2.16. The summed E-state index contributed by atoms with van der Waals surface area (Å²) >= 11 is 0. The third-order valence-electron chi connectivity index (χ3n) is 1.55. The second-order valence-electron chi connectivity index (χ2n) is 2.66. The monoisotopic (exact) mass is 274 g/mol. The summed E-state index contributed by atoms with van der Waals surface area (Å²) in [7, 11) is -5.17. The van der Waals surface area contributed by atoms with Crippen molar-refractivity contribution in [2.75, 3.05) is 6.61 Å². The van der Waals surface area contributed by atoms with E-state index in [-0.39, 0.29) is 59.1 Å². The van der Waals surface area contributed by atoms with E-state index in [0.29, 0.717) is 6.61 Å². The van der Waals surface area contributed by atoms with Gasteiger partial charge in [0, 0.05) is 16.0 Å². The van der Waals surface area contributed by atoms with Gasteiger partial charge in [-0.05, 0) is 12.1 Å². The van der Waals surface area contributed by atoms with Gasteiger partial charge in [0.05, 0.1) is 0 Å². The first kappa shape index (κ1) is 20.0. The molecule has 5 nitrogen and oxygen atoms in total. The van der Waals surface area contributed by atoms with E-state index in [0.717, 1.165) is 5.75 Å². The summed E-state index contributed by atoms with van der Waals surface area (Å²) in [4.78, 5) is 0. The zero-order valence-electron chi connectivity index (χ0n) is 9.62. The van der Waals surface area contributed by atoms with E-state index >= 15 is 0 Å². The molecule has 82 valence electrons. The Labute approximate surface area is 144 Å². The van der Waals surface area contributed by atoms with Crippen LogP contribution in [0.3, 0.4) is 0 Å². The van der Waals surface area contributed by atoms with Crippen LogP contribution in [0, 0.1) is 0 Å². The van der Waals surface area contributed by atoms with E-state index < -0.39 is 10.4 Å². The van der Waals surface area contributed by atoms with Crippen molar-refractivity contribution in [3.8, 4) is 5.75 Å². The molecule has 17 heavy (non-hydrogen) atoms. The predicted molar refractivity (Wildman–Crippen MR) is 51.4 cm³/mol. The summed E-state index contributed by atoms with van der Waals surface area (Å²) in [5.41, 5.74) is 1.17. The van der Waals surface area contributed by atoms with E-state index in [1.165, 1.54) is 5.56 Å². The molecule has 1 aromatic rings. The molecule has 0 bridgehead atoms. The largest absolute Gasteiger partial charge is 1.00 e. The molecular formula is C9H8Na2O5S. The minimum atomic E-state index is -5.17. The van der Waals surface area contributed by atoms with Crippen LogP contribution in [-0.2, 0) is 10.4 Å². The van der Waals surface area contributed by atoms with Crippen molar-refractivity contribution < 1.29 is 81.4 Å². The van der Waals surface area contributed by atoms with Gasteiger partial charge in [-0.25, -0.2) is 0 Å². The third kappa shape index (κ3) is 10.3. The summed E-state index contributed by atoms with van der Waals surface area (Å²) in [6.45, 7) is 0.705. The van der Waals surface area contributed by atoms with Gasteiger partial charge in [0.25, 0.3) is 0 Å². The summed E-state index contributed by atoms with van der Waals surface area (Å²) in [5.74, 6) is 0.991. The Morgan fingerprint density at radius 2 is 1.65 bits per heavy atom. The van der Waals surface area contributed by atoms with Crippen LogP contribution in [0.5, 0.6) is 5.75 Å². The maximum atomic E-state index is 8.52. The van der Waals surface area contributed by atoms with Crippen molar-refractivity contribution in [2.24, 2.45) is 0 Å². The fraction of sp³-hybridized carbons (Fsp3) is 0.111. The van der Waals surface area contributed by atoms with E-state index in [4.69, 9.17) is 22.3 Å². The summed E-state index contributed by atoms with van der Waals surface area (Å²) in [6, 6.07) is 8.03. The molecule has 8 heteroatoms. The molecule has 0 amide bonds. The van der Waals surface area contributed by atoms with Gasteiger partial charge >= 0.3 is 59.1 Å². The second-order valence-corrected chi connectivity index (χ2v) is 3.48. The number of fused-ring (bicyclic) bond motifs is 1. The fourth-order valence-electron chi connectivity index (χ4n) is 1.06. The molecule has 0 N–H and O–H groups in total. The third-order valence-corrected chi connectivity index (χ3v) is 1.55. The van der Waals surface area contributed by atoms with Gasteiger partial charge in [-0.2, -0.15) is 0 Å². The van der Waals surface area contributed by atoms with Crippen LogP contribution < -0.4 is 63.9 Å². The molecule has 0 fully saturated rings. The Bertz CT molecular complexity index is 450. The Kier molecular flexibility index (Phi) is 11.2. The summed E-state index contributed by atoms with van der Waals surface area (Å²) in [6.07, 6.45) is 4.10. The molecule has 0 saturated heterocycles. The fourth-order valence-corrected chi connectivity index (χ4v) is 1.06. The van der Waals surface area contributed by atoms with Crippen molar-refractivity contribution in [1.82, 2.24) is 0 Å². The predicted octanol–water partition coefficient (Wildman–Crippen LogP) is -5.24. The zero-order valence-corrected chi connectivity index (χ0v) is 14.4. The first-order valence-corrected chi connectivity index (χ1v) is 5.35.